The van der Waals surface area contributed by atoms with Gasteiger partial charge in [0, 0.05) is 23.8 Å². The van der Waals surface area contributed by atoms with Crippen LogP contribution in [-0.4, -0.2) is 28.0 Å². The Labute approximate surface area is 179 Å². The van der Waals surface area contributed by atoms with E-state index >= 15 is 0 Å². The Hall–Kier alpha value is -3.19. The lowest BCUT2D eigenvalue weighted by Gasteiger charge is -2.32. The molecule has 154 valence electrons. The van der Waals surface area contributed by atoms with Gasteiger partial charge in [-0.1, -0.05) is 48.0 Å². The van der Waals surface area contributed by atoms with Crippen LogP contribution >= 0.6 is 11.6 Å². The van der Waals surface area contributed by atoms with Crippen molar-refractivity contribution in [3.8, 4) is 0 Å². The van der Waals surface area contributed by atoms with Crippen molar-refractivity contribution >= 4 is 34.6 Å². The van der Waals surface area contributed by atoms with Crippen molar-refractivity contribution in [2.24, 2.45) is 5.92 Å². The molecule has 0 amide bonds. The second-order valence-electron chi connectivity index (χ2n) is 7.41. The predicted molar refractivity (Wildman–Crippen MR) is 119 cm³/mol. The van der Waals surface area contributed by atoms with Gasteiger partial charge in [-0.05, 0) is 48.9 Å². The first kappa shape index (κ1) is 20.1. The molecular formula is C22H22ClN5O2. The van der Waals surface area contributed by atoms with Gasteiger partial charge in [0.2, 0.25) is 11.6 Å². The molecule has 7 nitrogen and oxygen atoms in total. The summed E-state index contributed by atoms with van der Waals surface area (Å²) in [4.78, 5) is 21.8. The Morgan fingerprint density at radius 2 is 1.87 bits per heavy atom. The van der Waals surface area contributed by atoms with Gasteiger partial charge in [0.15, 0.2) is 0 Å². The van der Waals surface area contributed by atoms with Crippen LogP contribution in [0, 0.1) is 16.0 Å². The van der Waals surface area contributed by atoms with Gasteiger partial charge in [-0.25, -0.2) is 9.97 Å². The minimum atomic E-state index is -0.418. The zero-order valence-electron chi connectivity index (χ0n) is 16.4. The molecule has 1 aliphatic heterocycles. The summed E-state index contributed by atoms with van der Waals surface area (Å²) >= 11 is 6.02. The molecule has 2 aromatic carbocycles. The van der Waals surface area contributed by atoms with Crippen LogP contribution in [0.25, 0.3) is 0 Å². The zero-order valence-corrected chi connectivity index (χ0v) is 17.1. The molecule has 0 unspecified atom stereocenters. The summed E-state index contributed by atoms with van der Waals surface area (Å²) in [6.07, 6.45) is 4.33. The Bertz CT molecular complexity index is 1020. The molecule has 8 heteroatoms. The number of rotatable bonds is 6. The number of benzene rings is 2. The van der Waals surface area contributed by atoms with Crippen LogP contribution in [0.3, 0.4) is 0 Å². The number of nitro groups is 1. The fourth-order valence-electron chi connectivity index (χ4n) is 3.86. The first-order valence-corrected chi connectivity index (χ1v) is 10.3. The molecule has 0 aliphatic carbocycles. The van der Waals surface area contributed by atoms with Gasteiger partial charge in [0.05, 0.1) is 4.92 Å². The van der Waals surface area contributed by atoms with Gasteiger partial charge < -0.3 is 10.2 Å². The number of anilines is 3. The van der Waals surface area contributed by atoms with E-state index in [1.807, 2.05) is 11.0 Å². The van der Waals surface area contributed by atoms with Gasteiger partial charge in [-0.3, -0.25) is 10.1 Å². The maximum Gasteiger partial charge on any atom is 0.353 e. The molecule has 0 bridgehead atoms. The molecule has 1 N–H and O–H groups in total. The monoisotopic (exact) mass is 423 g/mol. The van der Waals surface area contributed by atoms with Crippen LogP contribution in [0.1, 0.15) is 18.4 Å². The highest BCUT2D eigenvalue weighted by Gasteiger charge is 2.30. The lowest BCUT2D eigenvalue weighted by molar-refractivity contribution is -0.383. The third-order valence-electron chi connectivity index (χ3n) is 5.35. The molecule has 0 radical (unpaired) electrons. The molecule has 0 atom stereocenters. The molecule has 4 rings (SSSR count). The summed E-state index contributed by atoms with van der Waals surface area (Å²) in [7, 11) is 0. The summed E-state index contributed by atoms with van der Waals surface area (Å²) < 4.78 is 0. The fourth-order valence-corrected chi connectivity index (χ4v) is 4.05. The van der Waals surface area contributed by atoms with E-state index in [1.165, 1.54) is 11.9 Å². The molecular weight excluding hydrogens is 402 g/mol. The summed E-state index contributed by atoms with van der Waals surface area (Å²) in [5.74, 6) is 1.09. The molecule has 0 spiro atoms. The van der Waals surface area contributed by atoms with Gasteiger partial charge in [-0.2, -0.15) is 0 Å². The van der Waals surface area contributed by atoms with E-state index in [-0.39, 0.29) is 11.5 Å². The van der Waals surface area contributed by atoms with E-state index in [9.17, 15) is 10.1 Å². The number of nitrogens with one attached hydrogen (secondary N) is 1. The number of aromatic nitrogens is 2. The third-order valence-corrected chi connectivity index (χ3v) is 5.59. The Morgan fingerprint density at radius 3 is 2.57 bits per heavy atom. The SMILES string of the molecule is O=[N+]([O-])c1c(Nc2cccc(Cl)c2)ncnc1N1CCC(Cc2ccccc2)CC1. The molecule has 2 heterocycles. The first-order valence-electron chi connectivity index (χ1n) is 9.91. The van der Waals surface area contributed by atoms with Crippen LogP contribution in [0.2, 0.25) is 5.02 Å². The topological polar surface area (TPSA) is 84.2 Å². The van der Waals surface area contributed by atoms with Gasteiger partial charge in [-0.15, -0.1) is 0 Å². The third kappa shape index (κ3) is 4.68. The Kier molecular flexibility index (Phi) is 6.09. The number of hydrogen-bond acceptors (Lipinski definition) is 6. The highest BCUT2D eigenvalue weighted by atomic mass is 35.5. The highest BCUT2D eigenvalue weighted by Crippen LogP contribution is 2.36. The normalized spacial score (nSPS) is 14.5. The highest BCUT2D eigenvalue weighted by molar-refractivity contribution is 6.30. The fraction of sp³-hybridized carbons (Fsp3) is 0.273. The molecule has 1 fully saturated rings. The number of piperidine rings is 1. The molecule has 30 heavy (non-hydrogen) atoms. The maximum atomic E-state index is 11.9. The second kappa shape index (κ2) is 9.09. The smallest absolute Gasteiger partial charge is 0.351 e. The van der Waals surface area contributed by atoms with Crippen LogP contribution < -0.4 is 10.2 Å². The average molecular weight is 424 g/mol. The van der Waals surface area contributed by atoms with Crippen LogP contribution in [0.5, 0.6) is 0 Å². The van der Waals surface area contributed by atoms with Crippen LogP contribution in [0.4, 0.5) is 23.0 Å². The van der Waals surface area contributed by atoms with E-state index in [1.54, 1.807) is 24.3 Å². The molecule has 1 aromatic heterocycles. The molecule has 1 aliphatic rings. The minimum Gasteiger partial charge on any atom is -0.351 e. The van der Waals surface area contributed by atoms with E-state index in [0.717, 1.165) is 32.4 Å². The second-order valence-corrected chi connectivity index (χ2v) is 7.84. The van der Waals surface area contributed by atoms with Crippen molar-refractivity contribution in [2.45, 2.75) is 19.3 Å². The van der Waals surface area contributed by atoms with Crippen molar-refractivity contribution < 1.29 is 4.92 Å². The van der Waals surface area contributed by atoms with Crippen LogP contribution in [-0.2, 0) is 6.42 Å². The minimum absolute atomic E-state index is 0.112. The molecule has 1 saturated heterocycles. The van der Waals surface area contributed by atoms with Gasteiger partial charge >= 0.3 is 5.69 Å². The zero-order chi connectivity index (χ0) is 20.9. The Morgan fingerprint density at radius 1 is 1.10 bits per heavy atom. The predicted octanol–water partition coefficient (Wildman–Crippen LogP) is 5.24. The molecule has 3 aromatic rings. The lowest BCUT2D eigenvalue weighted by Crippen LogP contribution is -2.35. The lowest BCUT2D eigenvalue weighted by atomic mass is 9.90. The summed E-state index contributed by atoms with van der Waals surface area (Å²) in [5.41, 5.74) is 1.85. The van der Waals surface area contributed by atoms with E-state index < -0.39 is 4.92 Å². The van der Waals surface area contributed by atoms with E-state index in [4.69, 9.17) is 11.6 Å². The number of halogens is 1. The maximum absolute atomic E-state index is 11.9. The Balaban J connectivity index is 1.51. The summed E-state index contributed by atoms with van der Waals surface area (Å²) in [5, 5.41) is 15.4. The number of hydrogen-bond donors (Lipinski definition) is 1. The molecule has 0 saturated carbocycles. The van der Waals surface area contributed by atoms with Crippen molar-refractivity contribution in [1.82, 2.24) is 9.97 Å². The largest absolute Gasteiger partial charge is 0.353 e. The van der Waals surface area contributed by atoms with Crippen molar-refractivity contribution in [3.63, 3.8) is 0 Å². The van der Waals surface area contributed by atoms with Crippen LogP contribution in [0.15, 0.2) is 60.9 Å². The van der Waals surface area contributed by atoms with Gasteiger partial charge in [0.1, 0.15) is 6.33 Å². The van der Waals surface area contributed by atoms with Crippen molar-refractivity contribution in [2.75, 3.05) is 23.3 Å². The quantitative estimate of drug-likeness (QED) is 0.431. The van der Waals surface area contributed by atoms with Gasteiger partial charge in [0.25, 0.3) is 0 Å². The summed E-state index contributed by atoms with van der Waals surface area (Å²) in [6, 6.07) is 17.4. The average Bonchev–Trinajstić information content (AvgIpc) is 2.75. The van der Waals surface area contributed by atoms with E-state index in [2.05, 4.69) is 39.6 Å². The van der Waals surface area contributed by atoms with Crippen molar-refractivity contribution in [3.05, 3.63) is 81.6 Å². The number of nitrogens with zero attached hydrogens (tertiary/aromatic N) is 4. The first-order chi connectivity index (χ1) is 14.6. The van der Waals surface area contributed by atoms with Crippen molar-refractivity contribution in [1.29, 1.82) is 0 Å². The summed E-state index contributed by atoms with van der Waals surface area (Å²) in [6.45, 7) is 1.46. The van der Waals surface area contributed by atoms with E-state index in [0.29, 0.717) is 22.4 Å². The standard InChI is InChI=1S/C22H22ClN5O2/c23-18-7-4-8-19(14-18)26-21-20(28(29)30)22(25-15-24-21)27-11-9-17(10-12-27)13-16-5-2-1-3-6-16/h1-8,14-15,17H,9-13H2,(H,24,25,26).